The molecule has 3 rings (SSSR count). The van der Waals surface area contributed by atoms with Gasteiger partial charge in [0, 0.05) is 19.7 Å². The first-order valence-electron chi connectivity index (χ1n) is 7.99. The highest BCUT2D eigenvalue weighted by Gasteiger charge is 2.37. The molecule has 1 amide bonds. The van der Waals surface area contributed by atoms with Crippen LogP contribution in [-0.4, -0.2) is 49.0 Å². The minimum Gasteiger partial charge on any atom is -0.476 e. The third-order valence-corrected chi connectivity index (χ3v) is 6.35. The number of carbonyl (C=O) groups is 1. The molecule has 0 bridgehead atoms. The van der Waals surface area contributed by atoms with Crippen molar-refractivity contribution < 1.29 is 23.1 Å². The van der Waals surface area contributed by atoms with Crippen LogP contribution in [0.5, 0.6) is 5.75 Å². The van der Waals surface area contributed by atoms with Gasteiger partial charge in [0.25, 0.3) is 5.91 Å². The number of nitrogens with one attached hydrogen (secondary N) is 1. The predicted octanol–water partition coefficient (Wildman–Crippen LogP) is 1.19. The van der Waals surface area contributed by atoms with Gasteiger partial charge in [0.1, 0.15) is 5.75 Å². The van der Waals surface area contributed by atoms with Gasteiger partial charge in [0.15, 0.2) is 5.60 Å². The fourth-order valence-electron chi connectivity index (χ4n) is 2.99. The van der Waals surface area contributed by atoms with Crippen molar-refractivity contribution in [3.05, 3.63) is 18.2 Å². The van der Waals surface area contributed by atoms with Gasteiger partial charge in [-0.25, -0.2) is 8.42 Å². The number of ether oxygens (including phenoxy) is 1. The summed E-state index contributed by atoms with van der Waals surface area (Å²) in [6, 6.07) is 4.49. The maximum Gasteiger partial charge on any atom is 0.268 e. The summed E-state index contributed by atoms with van der Waals surface area (Å²) in [4.78, 5) is 12.1. The van der Waals surface area contributed by atoms with Crippen LogP contribution in [0.2, 0.25) is 0 Å². The SMILES string of the molecule is CC1(C)Oc2ccc(S(=O)(=O)N3CCC[C@H](CO)C3)cc2NC1=O. The number of piperidine rings is 1. The van der Waals surface area contributed by atoms with E-state index in [-0.39, 0.29) is 23.3 Å². The number of hydrogen-bond acceptors (Lipinski definition) is 5. The zero-order valence-corrected chi connectivity index (χ0v) is 14.6. The molecule has 1 aromatic carbocycles. The minimum atomic E-state index is -3.67. The highest BCUT2D eigenvalue weighted by atomic mass is 32.2. The molecule has 0 radical (unpaired) electrons. The zero-order chi connectivity index (χ0) is 17.5. The number of amides is 1. The van der Waals surface area contributed by atoms with E-state index in [4.69, 9.17) is 4.74 Å². The number of benzene rings is 1. The molecular weight excluding hydrogens is 332 g/mol. The Labute approximate surface area is 141 Å². The lowest BCUT2D eigenvalue weighted by Crippen LogP contribution is -2.45. The first-order valence-corrected chi connectivity index (χ1v) is 9.43. The third-order valence-electron chi connectivity index (χ3n) is 4.49. The second kappa shape index (κ2) is 6.02. The van der Waals surface area contributed by atoms with Crippen molar-refractivity contribution in [2.75, 3.05) is 25.0 Å². The number of sulfonamides is 1. The molecule has 0 aromatic heterocycles. The summed E-state index contributed by atoms with van der Waals surface area (Å²) in [5, 5.41) is 12.0. The first kappa shape index (κ1) is 17.2. The van der Waals surface area contributed by atoms with E-state index in [2.05, 4.69) is 5.32 Å². The van der Waals surface area contributed by atoms with Gasteiger partial charge in [0.05, 0.1) is 10.6 Å². The van der Waals surface area contributed by atoms with Crippen molar-refractivity contribution >= 4 is 21.6 Å². The van der Waals surface area contributed by atoms with Crippen molar-refractivity contribution in [1.29, 1.82) is 0 Å². The van der Waals surface area contributed by atoms with Crippen LogP contribution < -0.4 is 10.1 Å². The van der Waals surface area contributed by atoms with Crippen LogP contribution in [0, 0.1) is 5.92 Å². The number of aliphatic hydroxyl groups is 1. The predicted molar refractivity (Wildman–Crippen MR) is 88.3 cm³/mol. The van der Waals surface area contributed by atoms with E-state index in [1.807, 2.05) is 0 Å². The van der Waals surface area contributed by atoms with Crippen molar-refractivity contribution in [2.24, 2.45) is 5.92 Å². The summed E-state index contributed by atoms with van der Waals surface area (Å²) >= 11 is 0. The fourth-order valence-corrected chi connectivity index (χ4v) is 4.58. The van der Waals surface area contributed by atoms with Crippen LogP contribution in [0.1, 0.15) is 26.7 Å². The number of anilines is 1. The van der Waals surface area contributed by atoms with Gasteiger partial charge in [-0.05, 0) is 50.8 Å². The number of hydrogen-bond donors (Lipinski definition) is 2. The van der Waals surface area contributed by atoms with E-state index in [9.17, 15) is 18.3 Å². The normalized spacial score (nSPS) is 24.0. The molecule has 0 aliphatic carbocycles. The lowest BCUT2D eigenvalue weighted by Gasteiger charge is -2.33. The maximum absolute atomic E-state index is 12.8. The van der Waals surface area contributed by atoms with Gasteiger partial charge in [-0.3, -0.25) is 4.79 Å². The molecule has 2 aliphatic rings. The molecular formula is C16H22N2O5S. The van der Waals surface area contributed by atoms with Crippen LogP contribution in [-0.2, 0) is 14.8 Å². The zero-order valence-electron chi connectivity index (χ0n) is 13.8. The van der Waals surface area contributed by atoms with Crippen LogP contribution in [0.3, 0.4) is 0 Å². The number of fused-ring (bicyclic) bond motifs is 1. The maximum atomic E-state index is 12.8. The number of carbonyl (C=O) groups excluding carboxylic acids is 1. The average Bonchev–Trinajstić information content (AvgIpc) is 2.55. The van der Waals surface area contributed by atoms with E-state index in [1.165, 1.54) is 16.4 Å². The number of aliphatic hydroxyl groups excluding tert-OH is 1. The van der Waals surface area contributed by atoms with Crippen LogP contribution in [0.25, 0.3) is 0 Å². The Balaban J connectivity index is 1.90. The molecule has 0 saturated carbocycles. The molecule has 0 unspecified atom stereocenters. The van der Waals surface area contributed by atoms with Gasteiger partial charge in [0.2, 0.25) is 10.0 Å². The fraction of sp³-hybridized carbons (Fsp3) is 0.562. The second-order valence-corrected chi connectivity index (χ2v) is 8.72. The first-order chi connectivity index (χ1) is 11.2. The van der Waals surface area contributed by atoms with E-state index in [0.29, 0.717) is 24.5 Å². The quantitative estimate of drug-likeness (QED) is 0.850. The largest absolute Gasteiger partial charge is 0.476 e. The molecule has 1 atom stereocenters. The Kier molecular flexibility index (Phi) is 4.31. The molecule has 0 spiro atoms. The highest BCUT2D eigenvalue weighted by molar-refractivity contribution is 7.89. The van der Waals surface area contributed by atoms with Crippen LogP contribution in [0.15, 0.2) is 23.1 Å². The molecule has 2 aliphatic heterocycles. The Morgan fingerprint density at radius 2 is 2.17 bits per heavy atom. The number of nitrogens with zero attached hydrogens (tertiary/aromatic N) is 1. The summed E-state index contributed by atoms with van der Waals surface area (Å²) in [6.07, 6.45) is 1.55. The van der Waals surface area contributed by atoms with Gasteiger partial charge in [-0.15, -0.1) is 0 Å². The van der Waals surface area contributed by atoms with E-state index in [0.717, 1.165) is 12.8 Å². The molecule has 1 fully saturated rings. The van der Waals surface area contributed by atoms with E-state index >= 15 is 0 Å². The number of rotatable bonds is 3. The molecule has 2 N–H and O–H groups in total. The third kappa shape index (κ3) is 3.01. The van der Waals surface area contributed by atoms with Gasteiger partial charge < -0.3 is 15.2 Å². The highest BCUT2D eigenvalue weighted by Crippen LogP contribution is 2.36. The van der Waals surface area contributed by atoms with Crippen molar-refractivity contribution in [2.45, 2.75) is 37.2 Å². The molecule has 1 aromatic rings. The van der Waals surface area contributed by atoms with Crippen LogP contribution >= 0.6 is 0 Å². The molecule has 7 nitrogen and oxygen atoms in total. The monoisotopic (exact) mass is 354 g/mol. The summed E-state index contributed by atoms with van der Waals surface area (Å²) in [5.74, 6) is 0.100. The van der Waals surface area contributed by atoms with Gasteiger partial charge in [-0.2, -0.15) is 4.31 Å². The van der Waals surface area contributed by atoms with Gasteiger partial charge in [-0.1, -0.05) is 0 Å². The van der Waals surface area contributed by atoms with Crippen molar-refractivity contribution in [3.8, 4) is 5.75 Å². The van der Waals surface area contributed by atoms with Crippen LogP contribution in [0.4, 0.5) is 5.69 Å². The Hall–Kier alpha value is -1.64. The van der Waals surface area contributed by atoms with Crippen molar-refractivity contribution in [1.82, 2.24) is 4.31 Å². The topological polar surface area (TPSA) is 95.9 Å². The molecule has 2 heterocycles. The van der Waals surface area contributed by atoms with E-state index < -0.39 is 15.6 Å². The smallest absolute Gasteiger partial charge is 0.268 e. The molecule has 8 heteroatoms. The summed E-state index contributed by atoms with van der Waals surface area (Å²) in [5.41, 5.74) is -0.634. The Morgan fingerprint density at radius 3 is 2.88 bits per heavy atom. The minimum absolute atomic E-state index is 0.0187. The molecule has 24 heavy (non-hydrogen) atoms. The standard InChI is InChI=1S/C16H22N2O5S/c1-16(2)15(20)17-13-8-12(5-6-14(13)23-16)24(21,22)18-7-3-4-11(9-18)10-19/h5-6,8,11,19H,3-4,7,9-10H2,1-2H3,(H,17,20)/t11-/m0/s1. The molecule has 1 saturated heterocycles. The Morgan fingerprint density at radius 1 is 1.42 bits per heavy atom. The Bertz CT molecular complexity index is 760. The summed E-state index contributed by atoms with van der Waals surface area (Å²) < 4.78 is 32.7. The lowest BCUT2D eigenvalue weighted by molar-refractivity contribution is -0.129. The van der Waals surface area contributed by atoms with Crippen molar-refractivity contribution in [3.63, 3.8) is 0 Å². The summed E-state index contributed by atoms with van der Waals surface area (Å²) in [7, 11) is -3.67. The second-order valence-electron chi connectivity index (χ2n) is 6.78. The lowest BCUT2D eigenvalue weighted by atomic mass is 10.0. The average molecular weight is 354 g/mol. The molecule has 132 valence electrons. The summed E-state index contributed by atoms with van der Waals surface area (Å²) in [6.45, 7) is 4.03. The van der Waals surface area contributed by atoms with Gasteiger partial charge >= 0.3 is 0 Å². The van der Waals surface area contributed by atoms with E-state index in [1.54, 1.807) is 19.9 Å².